The molecule has 0 unspecified atom stereocenters. The second-order valence-electron chi connectivity index (χ2n) is 7.97. The Kier molecular flexibility index (Phi) is 6.19. The average Bonchev–Trinajstić information content (AvgIpc) is 3.23. The Labute approximate surface area is 195 Å². The molecule has 8 heteroatoms. The van der Waals surface area contributed by atoms with Gasteiger partial charge in [-0.15, -0.1) is 11.8 Å². The zero-order chi connectivity index (χ0) is 22.6. The van der Waals surface area contributed by atoms with Gasteiger partial charge in [0, 0.05) is 48.2 Å². The van der Waals surface area contributed by atoms with Crippen LogP contribution in [-0.2, 0) is 11.3 Å². The first-order valence-electron chi connectivity index (χ1n) is 10.8. The van der Waals surface area contributed by atoms with Crippen molar-refractivity contribution in [1.29, 1.82) is 0 Å². The van der Waals surface area contributed by atoms with E-state index in [1.165, 1.54) is 0 Å². The van der Waals surface area contributed by atoms with Crippen LogP contribution in [0, 0.1) is 0 Å². The minimum Gasteiger partial charge on any atom is -0.508 e. The molecular formula is C25H23N5O2S. The number of pyridine rings is 1. The van der Waals surface area contributed by atoms with Gasteiger partial charge in [0.15, 0.2) is 0 Å². The Bertz CT molecular complexity index is 1270. The van der Waals surface area contributed by atoms with Crippen LogP contribution in [0.4, 0.5) is 5.69 Å². The van der Waals surface area contributed by atoms with Crippen molar-refractivity contribution >= 4 is 34.4 Å². The summed E-state index contributed by atoms with van der Waals surface area (Å²) in [6.07, 6.45) is 5.76. The maximum absolute atomic E-state index is 13.4. The first-order valence-corrected chi connectivity index (χ1v) is 11.6. The lowest BCUT2D eigenvalue weighted by Gasteiger charge is -2.24. The van der Waals surface area contributed by atoms with E-state index in [2.05, 4.69) is 25.2 Å². The number of carbonyl (C=O) groups is 1. The molecule has 1 saturated heterocycles. The zero-order valence-corrected chi connectivity index (χ0v) is 18.7. The molecule has 0 radical (unpaired) electrons. The second kappa shape index (κ2) is 9.56. The third-order valence-corrected chi connectivity index (χ3v) is 6.85. The maximum atomic E-state index is 13.4. The van der Waals surface area contributed by atoms with Gasteiger partial charge in [-0.25, -0.2) is 4.98 Å². The number of anilines is 1. The van der Waals surface area contributed by atoms with Gasteiger partial charge in [-0.2, -0.15) is 0 Å². The van der Waals surface area contributed by atoms with Crippen LogP contribution >= 0.6 is 11.8 Å². The summed E-state index contributed by atoms with van der Waals surface area (Å²) >= 11 is 1.69. The molecule has 1 aliphatic heterocycles. The summed E-state index contributed by atoms with van der Waals surface area (Å²) in [4.78, 5) is 28.5. The summed E-state index contributed by atoms with van der Waals surface area (Å²) in [7, 11) is 0. The molecule has 2 N–H and O–H groups in total. The number of hydrogen-bond donors (Lipinski definition) is 2. The molecule has 2 aromatic heterocycles. The number of nitrogens with one attached hydrogen (secondary N) is 1. The zero-order valence-electron chi connectivity index (χ0n) is 17.8. The van der Waals surface area contributed by atoms with Gasteiger partial charge in [0.05, 0.1) is 22.1 Å². The van der Waals surface area contributed by atoms with Crippen molar-refractivity contribution in [1.82, 2.24) is 19.9 Å². The molecule has 1 fully saturated rings. The summed E-state index contributed by atoms with van der Waals surface area (Å²) in [5.74, 6) is 0.170. The van der Waals surface area contributed by atoms with Crippen molar-refractivity contribution in [2.75, 3.05) is 11.9 Å². The monoisotopic (exact) mass is 457 g/mol. The van der Waals surface area contributed by atoms with E-state index in [0.29, 0.717) is 18.7 Å². The number of carbonyl (C=O) groups excluding carboxylic acids is 1. The lowest BCUT2D eigenvalue weighted by molar-refractivity contribution is -0.120. The van der Waals surface area contributed by atoms with E-state index >= 15 is 0 Å². The number of phenolic OH excluding ortho intramolecular Hbond substituents is 1. The Morgan fingerprint density at radius 3 is 2.64 bits per heavy atom. The number of para-hydroxylation sites is 1. The first kappa shape index (κ1) is 21.4. The highest BCUT2D eigenvalue weighted by atomic mass is 32.2. The minimum absolute atomic E-state index is 0.0715. The molecule has 0 bridgehead atoms. The number of nitrogens with zero attached hydrogens (tertiary/aromatic N) is 4. The average molecular weight is 458 g/mol. The molecule has 166 valence electrons. The summed E-state index contributed by atoms with van der Waals surface area (Å²) in [5.41, 5.74) is 3.01. The Balaban J connectivity index is 1.36. The Morgan fingerprint density at radius 2 is 1.82 bits per heavy atom. The molecule has 2 aromatic carbocycles. The largest absolute Gasteiger partial charge is 0.508 e. The van der Waals surface area contributed by atoms with Crippen molar-refractivity contribution in [3.05, 3.63) is 84.8 Å². The number of fused-ring (bicyclic) bond motifs is 1. The fourth-order valence-corrected chi connectivity index (χ4v) is 5.28. The number of phenols is 1. The fourth-order valence-electron chi connectivity index (χ4n) is 4.11. The molecule has 1 aliphatic rings. The van der Waals surface area contributed by atoms with E-state index < -0.39 is 0 Å². The minimum atomic E-state index is -0.330. The number of benzene rings is 2. The molecule has 0 spiro atoms. The van der Waals surface area contributed by atoms with Crippen LogP contribution in [0.25, 0.3) is 11.0 Å². The normalized spacial score (nSPS) is 18.4. The number of hydrogen-bond acceptors (Lipinski definition) is 7. The Morgan fingerprint density at radius 1 is 1.00 bits per heavy atom. The number of thioether (sulfide) groups is 1. The van der Waals surface area contributed by atoms with Gasteiger partial charge in [-0.1, -0.05) is 24.3 Å². The van der Waals surface area contributed by atoms with Crippen LogP contribution in [0.2, 0.25) is 0 Å². The summed E-state index contributed by atoms with van der Waals surface area (Å²) in [6, 6.07) is 18.3. The molecule has 4 aromatic rings. The fraction of sp³-hybridized carbons (Fsp3) is 0.200. The van der Waals surface area contributed by atoms with Crippen molar-refractivity contribution in [2.45, 2.75) is 29.3 Å². The highest BCUT2D eigenvalue weighted by Crippen LogP contribution is 2.34. The van der Waals surface area contributed by atoms with Gasteiger partial charge in [0.1, 0.15) is 5.75 Å². The van der Waals surface area contributed by atoms with Crippen LogP contribution in [-0.4, -0.2) is 48.7 Å². The van der Waals surface area contributed by atoms with Gasteiger partial charge in [-0.05, 0) is 42.8 Å². The highest BCUT2D eigenvalue weighted by Gasteiger charge is 2.37. The molecule has 33 heavy (non-hydrogen) atoms. The van der Waals surface area contributed by atoms with E-state index in [-0.39, 0.29) is 22.9 Å². The molecule has 0 saturated carbocycles. The predicted molar refractivity (Wildman–Crippen MR) is 129 cm³/mol. The van der Waals surface area contributed by atoms with Gasteiger partial charge >= 0.3 is 0 Å². The summed E-state index contributed by atoms with van der Waals surface area (Å²) in [5, 5.41) is 14.5. The van der Waals surface area contributed by atoms with E-state index in [1.54, 1.807) is 42.5 Å². The topological polar surface area (TPSA) is 91.2 Å². The van der Waals surface area contributed by atoms with Gasteiger partial charge in [-0.3, -0.25) is 19.7 Å². The van der Waals surface area contributed by atoms with Crippen LogP contribution < -0.4 is 5.32 Å². The SMILES string of the molecule is O=C(Nc1ccc2nccnc2c1)[C@@H]1C[C@@H](Sc2ccccn2)CN1Cc1ccccc1O. The van der Waals surface area contributed by atoms with Crippen molar-refractivity contribution in [2.24, 2.45) is 0 Å². The Hall–Kier alpha value is -3.49. The maximum Gasteiger partial charge on any atom is 0.241 e. The highest BCUT2D eigenvalue weighted by molar-refractivity contribution is 7.99. The molecule has 5 rings (SSSR count). The predicted octanol–water partition coefficient (Wildman–Crippen LogP) is 4.10. The quantitative estimate of drug-likeness (QED) is 0.450. The summed E-state index contributed by atoms with van der Waals surface area (Å²) < 4.78 is 0. The van der Waals surface area contributed by atoms with Crippen molar-refractivity contribution in [3.8, 4) is 5.75 Å². The first-order chi connectivity index (χ1) is 16.2. The number of aromatic nitrogens is 3. The van der Waals surface area contributed by atoms with E-state index in [9.17, 15) is 9.90 Å². The number of aromatic hydroxyl groups is 1. The molecule has 1 amide bonds. The smallest absolute Gasteiger partial charge is 0.241 e. The lowest BCUT2D eigenvalue weighted by Crippen LogP contribution is -2.39. The van der Waals surface area contributed by atoms with Gasteiger partial charge in [0.25, 0.3) is 0 Å². The van der Waals surface area contributed by atoms with E-state index in [4.69, 9.17) is 0 Å². The van der Waals surface area contributed by atoms with Gasteiger partial charge < -0.3 is 10.4 Å². The lowest BCUT2D eigenvalue weighted by atomic mass is 10.1. The molecule has 2 atom stereocenters. The van der Waals surface area contributed by atoms with Crippen LogP contribution in [0.15, 0.2) is 84.3 Å². The number of amides is 1. The molecule has 0 aliphatic carbocycles. The van der Waals surface area contributed by atoms with Crippen molar-refractivity contribution < 1.29 is 9.90 Å². The van der Waals surface area contributed by atoms with Crippen LogP contribution in [0.3, 0.4) is 0 Å². The number of rotatable bonds is 6. The number of likely N-dealkylation sites (tertiary alicyclic amines) is 1. The third-order valence-electron chi connectivity index (χ3n) is 5.69. The summed E-state index contributed by atoms with van der Waals surface area (Å²) in [6.45, 7) is 1.21. The van der Waals surface area contributed by atoms with E-state index in [0.717, 1.165) is 28.2 Å². The van der Waals surface area contributed by atoms with Crippen LogP contribution in [0.5, 0.6) is 5.75 Å². The van der Waals surface area contributed by atoms with Gasteiger partial charge in [0.2, 0.25) is 5.91 Å². The second-order valence-corrected chi connectivity index (χ2v) is 9.29. The molecular weight excluding hydrogens is 434 g/mol. The van der Waals surface area contributed by atoms with Crippen molar-refractivity contribution in [3.63, 3.8) is 0 Å². The van der Waals surface area contributed by atoms with E-state index in [1.807, 2.05) is 48.5 Å². The third kappa shape index (κ3) is 4.97. The molecule has 7 nitrogen and oxygen atoms in total. The van der Waals surface area contributed by atoms with Crippen LogP contribution in [0.1, 0.15) is 12.0 Å². The standard InChI is InChI=1S/C25H23N5O2S/c31-23-6-2-1-5-17(23)15-30-16-19(33-24-7-3-4-10-28-24)14-22(30)25(32)29-18-8-9-20-21(13-18)27-12-11-26-20/h1-13,19,22,31H,14-16H2,(H,29,32)/t19-,22+/m1/s1. The molecule has 3 heterocycles.